The molecule has 152 valence electrons. The van der Waals surface area contributed by atoms with Crippen molar-refractivity contribution >= 4 is 33.1 Å². The quantitative estimate of drug-likeness (QED) is 0.473. The molecule has 1 saturated heterocycles. The maximum absolute atomic E-state index is 13.7. The van der Waals surface area contributed by atoms with Gasteiger partial charge in [-0.15, -0.1) is 11.3 Å². The fourth-order valence-corrected chi connectivity index (χ4v) is 4.93. The number of benzene rings is 2. The molecule has 0 spiro atoms. The first-order valence-corrected chi connectivity index (χ1v) is 11.0. The van der Waals surface area contributed by atoms with E-state index in [0.717, 1.165) is 28.9 Å². The number of thiophene rings is 1. The molecule has 4 nitrogen and oxygen atoms in total. The highest BCUT2D eigenvalue weighted by Gasteiger charge is 2.26. The van der Waals surface area contributed by atoms with Gasteiger partial charge in [-0.05, 0) is 47.3 Å². The summed E-state index contributed by atoms with van der Waals surface area (Å²) in [5, 5.41) is 2.03. The molecule has 1 fully saturated rings. The number of nitrogens with zero attached hydrogens (tertiary/aromatic N) is 3. The number of para-hydroxylation sites is 1. The number of piperazine rings is 1. The predicted octanol–water partition coefficient (Wildman–Crippen LogP) is 4.85. The van der Waals surface area contributed by atoms with Gasteiger partial charge in [0.05, 0.1) is 10.2 Å². The summed E-state index contributed by atoms with van der Waals surface area (Å²) in [5.74, 6) is -0.214. The van der Waals surface area contributed by atoms with Gasteiger partial charge in [-0.2, -0.15) is 0 Å². The minimum atomic E-state index is -0.258. The summed E-state index contributed by atoms with van der Waals surface area (Å²) in [6, 6.07) is 20.9. The molecule has 0 unspecified atom stereocenters. The molecule has 0 bridgehead atoms. The van der Waals surface area contributed by atoms with Gasteiger partial charge in [-0.3, -0.25) is 4.79 Å². The molecular weight excluding hydrogens is 397 g/mol. The normalized spacial score (nSPS) is 14.4. The molecule has 1 aliphatic rings. The number of aromatic nitrogens is 1. The van der Waals surface area contributed by atoms with Crippen molar-refractivity contribution in [3.63, 3.8) is 0 Å². The summed E-state index contributed by atoms with van der Waals surface area (Å²) in [6.07, 6.45) is 0. The van der Waals surface area contributed by atoms with E-state index < -0.39 is 0 Å². The topological polar surface area (TPSA) is 28.5 Å². The Morgan fingerprint density at radius 1 is 0.933 bits per heavy atom. The molecule has 2 aromatic heterocycles. The van der Waals surface area contributed by atoms with E-state index in [1.54, 1.807) is 17.4 Å². The highest BCUT2D eigenvalue weighted by molar-refractivity contribution is 7.17. The summed E-state index contributed by atoms with van der Waals surface area (Å²) < 4.78 is 16.8. The van der Waals surface area contributed by atoms with Gasteiger partial charge in [0.25, 0.3) is 5.91 Å². The van der Waals surface area contributed by atoms with Gasteiger partial charge in [-0.25, -0.2) is 4.39 Å². The van der Waals surface area contributed by atoms with Gasteiger partial charge < -0.3 is 14.4 Å². The highest BCUT2D eigenvalue weighted by Crippen LogP contribution is 2.28. The Bertz CT molecular complexity index is 1180. The number of carbonyl (C=O) groups is 1. The van der Waals surface area contributed by atoms with Crippen molar-refractivity contribution in [3.05, 3.63) is 89.2 Å². The molecule has 0 N–H and O–H groups in total. The average molecular weight is 420 g/mol. The van der Waals surface area contributed by atoms with Crippen LogP contribution in [0.4, 0.5) is 10.1 Å². The Kier molecular flexibility index (Phi) is 5.01. The van der Waals surface area contributed by atoms with E-state index in [4.69, 9.17) is 0 Å². The number of fused-ring (bicyclic) bond motifs is 1. The lowest BCUT2D eigenvalue weighted by Crippen LogP contribution is -2.49. The molecule has 4 aromatic rings. The predicted molar refractivity (Wildman–Crippen MR) is 120 cm³/mol. The second kappa shape index (κ2) is 7.95. The molecule has 0 atom stereocenters. The Labute approximate surface area is 178 Å². The van der Waals surface area contributed by atoms with E-state index in [9.17, 15) is 9.18 Å². The summed E-state index contributed by atoms with van der Waals surface area (Å²) >= 11 is 1.62. The number of halogens is 1. The molecule has 1 amide bonds. The molecule has 1 aliphatic heterocycles. The second-order valence-electron chi connectivity index (χ2n) is 7.53. The van der Waals surface area contributed by atoms with Crippen molar-refractivity contribution in [3.8, 4) is 0 Å². The lowest BCUT2D eigenvalue weighted by atomic mass is 10.2. The SMILES string of the molecule is O=C(c1cc2sccc2n1Cc1cccc(F)c1)N1CCN(c2ccccc2)CC1. The molecule has 30 heavy (non-hydrogen) atoms. The molecular formula is C24H22FN3OS. The van der Waals surface area contributed by atoms with E-state index in [2.05, 4.69) is 17.0 Å². The third kappa shape index (κ3) is 3.59. The van der Waals surface area contributed by atoms with Crippen LogP contribution >= 0.6 is 11.3 Å². The summed E-state index contributed by atoms with van der Waals surface area (Å²) in [5.41, 5.74) is 3.74. The van der Waals surface area contributed by atoms with E-state index in [1.165, 1.54) is 17.8 Å². The van der Waals surface area contributed by atoms with Crippen molar-refractivity contribution in [2.75, 3.05) is 31.1 Å². The zero-order valence-corrected chi connectivity index (χ0v) is 17.3. The number of anilines is 1. The summed E-state index contributed by atoms with van der Waals surface area (Å²) in [4.78, 5) is 17.7. The number of carbonyl (C=O) groups excluding carboxylic acids is 1. The molecule has 6 heteroatoms. The number of hydrogen-bond donors (Lipinski definition) is 0. The van der Waals surface area contributed by atoms with Crippen LogP contribution in [0.2, 0.25) is 0 Å². The van der Waals surface area contributed by atoms with Crippen molar-refractivity contribution in [2.24, 2.45) is 0 Å². The lowest BCUT2D eigenvalue weighted by Gasteiger charge is -2.36. The van der Waals surface area contributed by atoms with Crippen LogP contribution in [0.25, 0.3) is 10.2 Å². The van der Waals surface area contributed by atoms with Gasteiger partial charge in [-0.1, -0.05) is 30.3 Å². The molecule has 5 rings (SSSR count). The lowest BCUT2D eigenvalue weighted by molar-refractivity contribution is 0.0737. The largest absolute Gasteiger partial charge is 0.368 e. The van der Waals surface area contributed by atoms with Crippen LogP contribution in [-0.4, -0.2) is 41.6 Å². The second-order valence-corrected chi connectivity index (χ2v) is 8.48. The standard InChI is InChI=1S/C24H22FN3OS/c25-19-6-4-5-18(15-19)17-28-21-9-14-30-23(21)16-22(28)24(29)27-12-10-26(11-13-27)20-7-2-1-3-8-20/h1-9,14-16H,10-13,17H2. The number of amides is 1. The van der Waals surface area contributed by atoms with Crippen molar-refractivity contribution < 1.29 is 9.18 Å². The first kappa shape index (κ1) is 18.9. The highest BCUT2D eigenvalue weighted by atomic mass is 32.1. The summed E-state index contributed by atoms with van der Waals surface area (Å²) in [6.45, 7) is 3.48. The Hall–Kier alpha value is -3.12. The number of rotatable bonds is 4. The molecule has 0 radical (unpaired) electrons. The van der Waals surface area contributed by atoms with Gasteiger partial charge in [0.1, 0.15) is 11.5 Å². The minimum Gasteiger partial charge on any atom is -0.368 e. The van der Waals surface area contributed by atoms with E-state index >= 15 is 0 Å². The van der Waals surface area contributed by atoms with Crippen LogP contribution in [0, 0.1) is 5.82 Å². The van der Waals surface area contributed by atoms with Gasteiger partial charge >= 0.3 is 0 Å². The van der Waals surface area contributed by atoms with Crippen molar-refractivity contribution in [1.82, 2.24) is 9.47 Å². The van der Waals surface area contributed by atoms with Crippen LogP contribution in [0.5, 0.6) is 0 Å². The van der Waals surface area contributed by atoms with Gasteiger partial charge in [0.2, 0.25) is 0 Å². The average Bonchev–Trinajstić information content (AvgIpc) is 3.37. The summed E-state index contributed by atoms with van der Waals surface area (Å²) in [7, 11) is 0. The fraction of sp³-hybridized carbons (Fsp3) is 0.208. The van der Waals surface area contributed by atoms with Gasteiger partial charge in [0.15, 0.2) is 0 Å². The maximum atomic E-state index is 13.7. The fourth-order valence-electron chi connectivity index (χ4n) is 4.11. The number of hydrogen-bond acceptors (Lipinski definition) is 3. The Morgan fingerprint density at radius 2 is 1.73 bits per heavy atom. The first-order chi connectivity index (χ1) is 14.7. The van der Waals surface area contributed by atoms with Crippen LogP contribution in [0.15, 0.2) is 72.1 Å². The zero-order chi connectivity index (χ0) is 20.5. The van der Waals surface area contributed by atoms with Crippen LogP contribution < -0.4 is 4.90 Å². The smallest absolute Gasteiger partial charge is 0.270 e. The third-order valence-electron chi connectivity index (χ3n) is 5.66. The van der Waals surface area contributed by atoms with E-state index in [-0.39, 0.29) is 11.7 Å². The van der Waals surface area contributed by atoms with Crippen LogP contribution in [0.3, 0.4) is 0 Å². The Balaban J connectivity index is 1.38. The maximum Gasteiger partial charge on any atom is 0.270 e. The minimum absolute atomic E-state index is 0.0440. The monoisotopic (exact) mass is 419 g/mol. The van der Waals surface area contributed by atoms with Crippen molar-refractivity contribution in [2.45, 2.75) is 6.54 Å². The van der Waals surface area contributed by atoms with Gasteiger partial charge in [0, 0.05) is 38.4 Å². The van der Waals surface area contributed by atoms with Crippen LogP contribution in [-0.2, 0) is 6.54 Å². The molecule has 2 aromatic carbocycles. The first-order valence-electron chi connectivity index (χ1n) is 10.1. The van der Waals surface area contributed by atoms with E-state index in [1.807, 2.05) is 51.2 Å². The third-order valence-corrected chi connectivity index (χ3v) is 6.51. The van der Waals surface area contributed by atoms with Crippen LogP contribution in [0.1, 0.15) is 16.1 Å². The molecule has 3 heterocycles. The van der Waals surface area contributed by atoms with E-state index in [0.29, 0.717) is 25.3 Å². The molecule has 0 saturated carbocycles. The van der Waals surface area contributed by atoms with Crippen molar-refractivity contribution in [1.29, 1.82) is 0 Å². The Morgan fingerprint density at radius 3 is 2.50 bits per heavy atom. The molecule has 0 aliphatic carbocycles. The zero-order valence-electron chi connectivity index (χ0n) is 16.5.